The molecular weight excluding hydrogens is 355 g/mol. The molecule has 1 aliphatic rings. The highest BCUT2D eigenvalue weighted by Gasteiger charge is 2.29. The molecule has 25 heavy (non-hydrogen) atoms. The Morgan fingerprint density at radius 3 is 2.48 bits per heavy atom. The number of para-hydroxylation sites is 1. The van der Waals surface area contributed by atoms with Crippen molar-refractivity contribution in [3.05, 3.63) is 65.2 Å². The third-order valence-corrected chi connectivity index (χ3v) is 4.81. The largest absolute Gasteiger partial charge is 0.314 e. The zero-order chi connectivity index (χ0) is 16.9. The van der Waals surface area contributed by atoms with Gasteiger partial charge in [0.1, 0.15) is 0 Å². The van der Waals surface area contributed by atoms with E-state index < -0.39 is 0 Å². The van der Waals surface area contributed by atoms with Gasteiger partial charge in [0.25, 0.3) is 0 Å². The minimum absolute atomic E-state index is 0. The molecular formula is C20H24Cl2N2O. The maximum Gasteiger partial charge on any atom is 0.230 e. The Labute approximate surface area is 160 Å². The molecule has 0 unspecified atom stereocenters. The van der Waals surface area contributed by atoms with Gasteiger partial charge in [0.05, 0.1) is 6.54 Å². The molecule has 0 aromatic heterocycles. The van der Waals surface area contributed by atoms with Crippen LogP contribution < -0.4 is 10.2 Å². The number of hydrogen-bond donors (Lipinski definition) is 1. The summed E-state index contributed by atoms with van der Waals surface area (Å²) < 4.78 is 0. The smallest absolute Gasteiger partial charge is 0.230 e. The first-order valence-electron chi connectivity index (χ1n) is 8.48. The number of rotatable bonds is 4. The highest BCUT2D eigenvalue weighted by atomic mass is 35.5. The molecule has 0 bridgehead atoms. The zero-order valence-corrected chi connectivity index (χ0v) is 15.9. The molecule has 134 valence electrons. The molecule has 3 rings (SSSR count). The predicted molar refractivity (Wildman–Crippen MR) is 107 cm³/mol. The third-order valence-electron chi connectivity index (χ3n) is 4.56. The minimum Gasteiger partial charge on any atom is -0.314 e. The summed E-state index contributed by atoms with van der Waals surface area (Å²) in [7, 11) is 0. The SMILES string of the molecule is C[C@H]1C[C@@H](C(=O)N(Cc2ccc(Cl)cc2)c2ccccc2)CCN1.Cl. The highest BCUT2D eigenvalue weighted by molar-refractivity contribution is 6.30. The number of anilines is 1. The van der Waals surface area contributed by atoms with Crippen LogP contribution in [0.25, 0.3) is 0 Å². The first kappa shape index (κ1) is 19.8. The van der Waals surface area contributed by atoms with Crippen LogP contribution in [0.5, 0.6) is 0 Å². The van der Waals surface area contributed by atoms with Crippen molar-refractivity contribution in [1.29, 1.82) is 0 Å². The number of nitrogens with one attached hydrogen (secondary N) is 1. The molecule has 0 radical (unpaired) electrons. The van der Waals surface area contributed by atoms with Crippen LogP contribution in [0.15, 0.2) is 54.6 Å². The van der Waals surface area contributed by atoms with E-state index in [2.05, 4.69) is 12.2 Å². The number of hydrogen-bond acceptors (Lipinski definition) is 2. The van der Waals surface area contributed by atoms with Crippen molar-refractivity contribution in [3.8, 4) is 0 Å². The number of benzene rings is 2. The molecule has 1 heterocycles. The summed E-state index contributed by atoms with van der Waals surface area (Å²) in [6.07, 6.45) is 1.79. The van der Waals surface area contributed by atoms with E-state index in [9.17, 15) is 4.79 Å². The van der Waals surface area contributed by atoms with E-state index in [4.69, 9.17) is 11.6 Å². The normalized spacial score (nSPS) is 19.8. The summed E-state index contributed by atoms with van der Waals surface area (Å²) in [6.45, 7) is 3.62. The summed E-state index contributed by atoms with van der Waals surface area (Å²) in [5.74, 6) is 0.290. The van der Waals surface area contributed by atoms with Crippen LogP contribution in [-0.4, -0.2) is 18.5 Å². The van der Waals surface area contributed by atoms with E-state index >= 15 is 0 Å². The lowest BCUT2D eigenvalue weighted by Crippen LogP contribution is -2.44. The number of halogens is 2. The Morgan fingerprint density at radius 2 is 1.84 bits per heavy atom. The Bertz CT molecular complexity index is 676. The zero-order valence-electron chi connectivity index (χ0n) is 14.3. The standard InChI is InChI=1S/C20H23ClN2O.ClH/c1-15-13-17(11-12-22-15)20(24)23(19-5-3-2-4-6-19)14-16-7-9-18(21)10-8-16;/h2-10,15,17,22H,11-14H2,1H3;1H/t15-,17-;/m0./s1. The Morgan fingerprint density at radius 1 is 1.16 bits per heavy atom. The summed E-state index contributed by atoms with van der Waals surface area (Å²) in [4.78, 5) is 15.1. The summed E-state index contributed by atoms with van der Waals surface area (Å²) in [5, 5.41) is 4.13. The van der Waals surface area contributed by atoms with Gasteiger partial charge in [0.2, 0.25) is 5.91 Å². The molecule has 5 heteroatoms. The fourth-order valence-corrected chi connectivity index (χ4v) is 3.38. The topological polar surface area (TPSA) is 32.3 Å². The highest BCUT2D eigenvalue weighted by Crippen LogP contribution is 2.25. The lowest BCUT2D eigenvalue weighted by Gasteiger charge is -2.32. The molecule has 2 atom stereocenters. The van der Waals surface area contributed by atoms with E-state index in [1.807, 2.05) is 59.5 Å². The minimum atomic E-state index is 0. The molecule has 2 aromatic carbocycles. The molecule has 2 aromatic rings. The molecule has 0 spiro atoms. The van der Waals surface area contributed by atoms with Gasteiger partial charge in [0, 0.05) is 22.7 Å². The number of nitrogens with zero attached hydrogens (tertiary/aromatic N) is 1. The van der Waals surface area contributed by atoms with E-state index in [0.29, 0.717) is 17.6 Å². The molecule has 0 saturated carbocycles. The molecule has 1 amide bonds. The van der Waals surface area contributed by atoms with Crippen LogP contribution in [0.1, 0.15) is 25.3 Å². The van der Waals surface area contributed by atoms with Gasteiger partial charge in [-0.25, -0.2) is 0 Å². The maximum absolute atomic E-state index is 13.2. The Hall–Kier alpha value is -1.55. The third kappa shape index (κ3) is 5.21. The van der Waals surface area contributed by atoms with Crippen molar-refractivity contribution in [2.24, 2.45) is 5.92 Å². The summed E-state index contributed by atoms with van der Waals surface area (Å²) in [5.41, 5.74) is 2.03. The van der Waals surface area contributed by atoms with Crippen LogP contribution in [0.4, 0.5) is 5.69 Å². The fourth-order valence-electron chi connectivity index (χ4n) is 3.25. The second-order valence-corrected chi connectivity index (χ2v) is 6.90. The van der Waals surface area contributed by atoms with Crippen molar-refractivity contribution in [1.82, 2.24) is 5.32 Å². The van der Waals surface area contributed by atoms with Gasteiger partial charge >= 0.3 is 0 Å². The molecule has 1 saturated heterocycles. The first-order valence-corrected chi connectivity index (χ1v) is 8.85. The average molecular weight is 379 g/mol. The fraction of sp³-hybridized carbons (Fsp3) is 0.350. The first-order chi connectivity index (χ1) is 11.6. The van der Waals surface area contributed by atoms with Gasteiger partial charge < -0.3 is 10.2 Å². The van der Waals surface area contributed by atoms with Crippen LogP contribution in [0.3, 0.4) is 0 Å². The van der Waals surface area contributed by atoms with Crippen molar-refractivity contribution in [2.75, 3.05) is 11.4 Å². The van der Waals surface area contributed by atoms with E-state index in [-0.39, 0.29) is 24.2 Å². The Kier molecular flexibility index (Phi) is 7.30. The molecule has 1 N–H and O–H groups in total. The molecule has 1 fully saturated rings. The van der Waals surface area contributed by atoms with Crippen molar-refractivity contribution < 1.29 is 4.79 Å². The van der Waals surface area contributed by atoms with Gasteiger partial charge in [-0.3, -0.25) is 4.79 Å². The van der Waals surface area contributed by atoms with E-state index in [1.54, 1.807) is 0 Å². The number of carbonyl (C=O) groups is 1. The monoisotopic (exact) mass is 378 g/mol. The van der Waals surface area contributed by atoms with Crippen LogP contribution >= 0.6 is 24.0 Å². The van der Waals surface area contributed by atoms with Crippen LogP contribution in [0, 0.1) is 5.92 Å². The maximum atomic E-state index is 13.2. The number of piperidine rings is 1. The number of carbonyl (C=O) groups excluding carboxylic acids is 1. The van der Waals surface area contributed by atoms with Gasteiger partial charge in [-0.2, -0.15) is 0 Å². The predicted octanol–water partition coefficient (Wildman–Crippen LogP) is 4.68. The summed E-state index contributed by atoms with van der Waals surface area (Å²) >= 11 is 5.98. The number of amides is 1. The second kappa shape index (κ2) is 9.23. The average Bonchev–Trinajstić information content (AvgIpc) is 2.61. The van der Waals surface area contributed by atoms with Crippen molar-refractivity contribution in [3.63, 3.8) is 0 Å². The second-order valence-electron chi connectivity index (χ2n) is 6.46. The van der Waals surface area contributed by atoms with Crippen LogP contribution in [0.2, 0.25) is 5.02 Å². The van der Waals surface area contributed by atoms with Crippen LogP contribution in [-0.2, 0) is 11.3 Å². The summed E-state index contributed by atoms with van der Waals surface area (Å²) in [6, 6.07) is 18.0. The van der Waals surface area contributed by atoms with Gasteiger partial charge in [0.15, 0.2) is 0 Å². The van der Waals surface area contributed by atoms with Crippen molar-refractivity contribution in [2.45, 2.75) is 32.4 Å². The van der Waals surface area contributed by atoms with E-state index in [1.165, 1.54) is 0 Å². The Balaban J connectivity index is 0.00000225. The molecule has 1 aliphatic heterocycles. The molecule has 0 aliphatic carbocycles. The molecule has 3 nitrogen and oxygen atoms in total. The quantitative estimate of drug-likeness (QED) is 0.837. The van der Waals surface area contributed by atoms with Gasteiger partial charge in [-0.1, -0.05) is 41.9 Å². The lowest BCUT2D eigenvalue weighted by molar-refractivity contribution is -0.123. The van der Waals surface area contributed by atoms with Gasteiger partial charge in [-0.05, 0) is 56.1 Å². The lowest BCUT2D eigenvalue weighted by atomic mass is 9.91. The van der Waals surface area contributed by atoms with E-state index in [0.717, 1.165) is 30.6 Å². The van der Waals surface area contributed by atoms with Gasteiger partial charge in [-0.15, -0.1) is 12.4 Å². The van der Waals surface area contributed by atoms with Crippen molar-refractivity contribution >= 4 is 35.6 Å².